The summed E-state index contributed by atoms with van der Waals surface area (Å²) in [7, 11) is 1.61. The van der Waals surface area contributed by atoms with Gasteiger partial charge in [-0.3, -0.25) is 4.79 Å². The summed E-state index contributed by atoms with van der Waals surface area (Å²) in [6, 6.07) is 5.52. The fraction of sp³-hybridized carbons (Fsp3) is 0.474. The van der Waals surface area contributed by atoms with Crippen molar-refractivity contribution >= 4 is 17.2 Å². The average Bonchev–Trinajstić information content (AvgIpc) is 3.08. The number of nitrogens with one attached hydrogen (secondary N) is 1. The van der Waals surface area contributed by atoms with Crippen molar-refractivity contribution in [3.05, 3.63) is 39.8 Å². The van der Waals surface area contributed by atoms with Gasteiger partial charge in [0.15, 0.2) is 11.5 Å². The Bertz CT molecular complexity index is 731. The number of hydrogen-bond donors (Lipinski definition) is 2. The van der Waals surface area contributed by atoms with Crippen LogP contribution in [0.25, 0.3) is 0 Å². The Morgan fingerprint density at radius 2 is 2.08 bits per heavy atom. The third-order valence-corrected chi connectivity index (χ3v) is 4.66. The topological polar surface area (TPSA) is 86.5 Å². The van der Waals surface area contributed by atoms with Gasteiger partial charge in [0.05, 0.1) is 24.8 Å². The fourth-order valence-corrected chi connectivity index (χ4v) is 3.13. The van der Waals surface area contributed by atoms with E-state index in [0.29, 0.717) is 42.7 Å². The molecule has 142 valence electrons. The van der Waals surface area contributed by atoms with Gasteiger partial charge in [-0.2, -0.15) is 0 Å². The number of hydrogen-bond acceptors (Lipinski definition) is 6. The summed E-state index contributed by atoms with van der Waals surface area (Å²) in [5, 5.41) is 5.60. The van der Waals surface area contributed by atoms with Gasteiger partial charge in [0.25, 0.3) is 5.91 Å². The summed E-state index contributed by atoms with van der Waals surface area (Å²) in [4.78, 5) is 16.7. The molecular weight excluding hydrogens is 350 g/mol. The lowest BCUT2D eigenvalue weighted by atomic mass is 10.1. The van der Waals surface area contributed by atoms with Crippen LogP contribution < -0.4 is 20.5 Å². The van der Waals surface area contributed by atoms with E-state index in [-0.39, 0.29) is 11.9 Å². The highest BCUT2D eigenvalue weighted by molar-refractivity contribution is 7.09. The predicted octanol–water partition coefficient (Wildman–Crippen LogP) is 3.18. The number of carbonyl (C=O) groups is 1. The Labute approximate surface area is 158 Å². The van der Waals surface area contributed by atoms with E-state index in [0.717, 1.165) is 10.6 Å². The lowest BCUT2D eigenvalue weighted by Crippen LogP contribution is -2.27. The SMILES string of the molecule is COc1cc(C(C)NC(=O)c2csc(CCN)n2)ccc1OCC(C)C. The van der Waals surface area contributed by atoms with Gasteiger partial charge >= 0.3 is 0 Å². The summed E-state index contributed by atoms with van der Waals surface area (Å²) >= 11 is 1.45. The quantitative estimate of drug-likeness (QED) is 0.701. The molecule has 0 aliphatic carbocycles. The number of nitrogens with zero attached hydrogens (tertiary/aromatic N) is 1. The van der Waals surface area contributed by atoms with E-state index in [1.165, 1.54) is 11.3 Å². The first-order chi connectivity index (χ1) is 12.4. The van der Waals surface area contributed by atoms with Crippen molar-refractivity contribution in [1.29, 1.82) is 0 Å². The number of rotatable bonds is 9. The molecule has 0 saturated carbocycles. The van der Waals surface area contributed by atoms with Gasteiger partial charge in [0, 0.05) is 11.8 Å². The first-order valence-corrected chi connectivity index (χ1v) is 9.58. The van der Waals surface area contributed by atoms with Gasteiger partial charge < -0.3 is 20.5 Å². The molecule has 1 aromatic heterocycles. The first-order valence-electron chi connectivity index (χ1n) is 8.70. The molecule has 6 nitrogen and oxygen atoms in total. The highest BCUT2D eigenvalue weighted by Crippen LogP contribution is 2.30. The van der Waals surface area contributed by atoms with Crippen molar-refractivity contribution in [2.24, 2.45) is 11.7 Å². The predicted molar refractivity (Wildman–Crippen MR) is 104 cm³/mol. The van der Waals surface area contributed by atoms with Crippen LogP contribution in [0.1, 0.15) is 47.9 Å². The van der Waals surface area contributed by atoms with E-state index < -0.39 is 0 Å². The van der Waals surface area contributed by atoms with Crippen molar-refractivity contribution < 1.29 is 14.3 Å². The molecule has 0 spiro atoms. The molecule has 7 heteroatoms. The molecular formula is C19H27N3O3S. The van der Waals surface area contributed by atoms with E-state index in [2.05, 4.69) is 24.1 Å². The Morgan fingerprint density at radius 1 is 1.31 bits per heavy atom. The van der Waals surface area contributed by atoms with Crippen molar-refractivity contribution in [1.82, 2.24) is 10.3 Å². The molecule has 1 atom stereocenters. The lowest BCUT2D eigenvalue weighted by molar-refractivity contribution is 0.0935. The highest BCUT2D eigenvalue weighted by Gasteiger charge is 2.16. The molecule has 1 amide bonds. The maximum Gasteiger partial charge on any atom is 0.271 e. The number of benzene rings is 1. The maximum atomic E-state index is 12.4. The Hall–Kier alpha value is -2.12. The second-order valence-corrected chi connectivity index (χ2v) is 7.42. The standard InChI is InChI=1S/C19H27N3O3S/c1-12(2)10-25-16-6-5-14(9-17(16)24-4)13(3)21-19(23)15-11-26-18(22-15)7-8-20/h5-6,9,11-13H,7-8,10,20H2,1-4H3,(H,21,23). The number of amides is 1. The Morgan fingerprint density at radius 3 is 2.73 bits per heavy atom. The van der Waals surface area contributed by atoms with Crippen molar-refractivity contribution in [3.8, 4) is 11.5 Å². The fourth-order valence-electron chi connectivity index (χ4n) is 2.34. The van der Waals surface area contributed by atoms with Crippen molar-refractivity contribution in [3.63, 3.8) is 0 Å². The normalized spacial score (nSPS) is 12.1. The first kappa shape index (κ1) is 20.2. The molecule has 2 aromatic rings. The third kappa shape index (κ3) is 5.44. The monoisotopic (exact) mass is 377 g/mol. The van der Waals surface area contributed by atoms with Crippen molar-refractivity contribution in [2.75, 3.05) is 20.3 Å². The van der Waals surface area contributed by atoms with E-state index >= 15 is 0 Å². The number of ether oxygens (including phenoxy) is 2. The summed E-state index contributed by atoms with van der Waals surface area (Å²) in [6.07, 6.45) is 0.683. The average molecular weight is 378 g/mol. The van der Waals surface area contributed by atoms with Crippen LogP contribution in [-0.2, 0) is 6.42 Å². The molecule has 26 heavy (non-hydrogen) atoms. The molecule has 0 aliphatic rings. The third-order valence-electron chi connectivity index (χ3n) is 3.75. The van der Waals surface area contributed by atoms with Gasteiger partial charge in [0.2, 0.25) is 0 Å². The van der Waals surface area contributed by atoms with Gasteiger partial charge in [-0.25, -0.2) is 4.98 Å². The van der Waals surface area contributed by atoms with E-state index in [9.17, 15) is 4.79 Å². The van der Waals surface area contributed by atoms with Crippen LogP contribution in [0, 0.1) is 5.92 Å². The van der Waals surface area contributed by atoms with E-state index in [1.54, 1.807) is 12.5 Å². The zero-order chi connectivity index (χ0) is 19.1. The summed E-state index contributed by atoms with van der Waals surface area (Å²) in [6.45, 7) is 7.26. The smallest absolute Gasteiger partial charge is 0.271 e. The molecule has 1 unspecified atom stereocenters. The molecule has 0 aliphatic heterocycles. The molecule has 0 fully saturated rings. The zero-order valence-electron chi connectivity index (χ0n) is 15.7. The van der Waals surface area contributed by atoms with Crippen molar-refractivity contribution in [2.45, 2.75) is 33.2 Å². The number of aromatic nitrogens is 1. The molecule has 0 saturated heterocycles. The van der Waals surface area contributed by atoms with Crippen LogP contribution >= 0.6 is 11.3 Å². The number of thiazole rings is 1. The molecule has 3 N–H and O–H groups in total. The molecule has 1 heterocycles. The van der Waals surface area contributed by atoms with Gasteiger partial charge in [0.1, 0.15) is 5.69 Å². The zero-order valence-corrected chi connectivity index (χ0v) is 16.6. The van der Waals surface area contributed by atoms with Crippen LogP contribution in [0.4, 0.5) is 0 Å². The minimum atomic E-state index is -0.198. The highest BCUT2D eigenvalue weighted by atomic mass is 32.1. The minimum absolute atomic E-state index is 0.185. The lowest BCUT2D eigenvalue weighted by Gasteiger charge is -2.17. The second kappa shape index (κ2) is 9.54. The van der Waals surface area contributed by atoms with E-state index in [1.807, 2.05) is 25.1 Å². The summed E-state index contributed by atoms with van der Waals surface area (Å²) in [5.74, 6) is 1.59. The van der Waals surface area contributed by atoms with Gasteiger partial charge in [-0.15, -0.1) is 11.3 Å². The molecule has 2 rings (SSSR count). The summed E-state index contributed by atoms with van der Waals surface area (Å²) < 4.78 is 11.2. The van der Waals surface area contributed by atoms with Gasteiger partial charge in [-0.05, 0) is 37.1 Å². The van der Waals surface area contributed by atoms with Crippen LogP contribution in [0.2, 0.25) is 0 Å². The molecule has 0 bridgehead atoms. The molecule has 0 radical (unpaired) electrons. The minimum Gasteiger partial charge on any atom is -0.493 e. The van der Waals surface area contributed by atoms with E-state index in [4.69, 9.17) is 15.2 Å². The number of nitrogens with two attached hydrogens (primary N) is 1. The van der Waals surface area contributed by atoms with Crippen LogP contribution in [0.5, 0.6) is 11.5 Å². The second-order valence-electron chi connectivity index (χ2n) is 6.48. The Kier molecular flexibility index (Phi) is 7.41. The molecule has 1 aromatic carbocycles. The largest absolute Gasteiger partial charge is 0.493 e. The number of carbonyl (C=O) groups excluding carboxylic acids is 1. The van der Waals surface area contributed by atoms with Crippen LogP contribution in [-0.4, -0.2) is 31.2 Å². The number of methoxy groups -OCH3 is 1. The maximum absolute atomic E-state index is 12.4. The Balaban J connectivity index is 2.05. The summed E-state index contributed by atoms with van der Waals surface area (Å²) in [5.41, 5.74) is 6.88. The van der Waals surface area contributed by atoms with Gasteiger partial charge in [-0.1, -0.05) is 19.9 Å². The van der Waals surface area contributed by atoms with Crippen LogP contribution in [0.15, 0.2) is 23.6 Å². The van der Waals surface area contributed by atoms with Crippen LogP contribution in [0.3, 0.4) is 0 Å².